The molecule has 4 atom stereocenters. The summed E-state index contributed by atoms with van der Waals surface area (Å²) < 4.78 is 0. The normalized spacial score (nSPS) is 13.8. The minimum Gasteiger partial charge on any atom is -0.481 e. The molecule has 3 amide bonds. The van der Waals surface area contributed by atoms with Crippen molar-refractivity contribution in [2.45, 2.75) is 56.8 Å². The van der Waals surface area contributed by atoms with E-state index < -0.39 is 60.2 Å². The van der Waals surface area contributed by atoms with Gasteiger partial charge in [-0.05, 0) is 31.7 Å². The maximum Gasteiger partial charge on any atom is 0.325 e. The van der Waals surface area contributed by atoms with Gasteiger partial charge in [-0.15, -0.1) is 0 Å². The predicted molar refractivity (Wildman–Crippen MR) is 129 cm³/mol. The zero-order valence-electron chi connectivity index (χ0n) is 19.8. The monoisotopic (exact) mass is 507 g/mol. The molecule has 1 aromatic carbocycles. The molecule has 0 radical (unpaired) electrons. The van der Waals surface area contributed by atoms with Crippen molar-refractivity contribution < 1.29 is 34.2 Å². The van der Waals surface area contributed by atoms with Gasteiger partial charge >= 0.3 is 11.9 Å². The Balaban J connectivity index is 2.97. The number of guanidine groups is 1. The lowest BCUT2D eigenvalue weighted by atomic mass is 10.0. The van der Waals surface area contributed by atoms with Crippen molar-refractivity contribution in [3.05, 3.63) is 35.9 Å². The van der Waals surface area contributed by atoms with Gasteiger partial charge in [0.15, 0.2) is 5.96 Å². The summed E-state index contributed by atoms with van der Waals surface area (Å²) in [5, 5.41) is 25.0. The first-order valence-corrected chi connectivity index (χ1v) is 11.1. The molecule has 0 fully saturated rings. The van der Waals surface area contributed by atoms with Gasteiger partial charge in [-0.25, -0.2) is 0 Å². The standard InChI is InChI=1S/C22H33N7O7/c1-12(21(35)36)27-20(34)16(11-17(30)31)29-19(33)15(8-5-9-26-22(24)25)28-18(32)14(23)10-13-6-3-2-4-7-13/h2-4,6-7,12,14-16H,5,8-11,23H2,1H3,(H,27,34)(H,28,32)(H,29,33)(H,30,31)(H,35,36)(H4,24,25,26). The summed E-state index contributed by atoms with van der Waals surface area (Å²) in [5.41, 5.74) is 17.4. The lowest BCUT2D eigenvalue weighted by Crippen LogP contribution is -2.57. The first kappa shape index (κ1) is 29.8. The van der Waals surface area contributed by atoms with Crippen LogP contribution >= 0.6 is 0 Å². The summed E-state index contributed by atoms with van der Waals surface area (Å²) in [6.45, 7) is 1.33. The average molecular weight is 508 g/mol. The highest BCUT2D eigenvalue weighted by Crippen LogP contribution is 2.05. The van der Waals surface area contributed by atoms with Crippen LogP contribution in [0.15, 0.2) is 35.3 Å². The van der Waals surface area contributed by atoms with Crippen LogP contribution in [0.3, 0.4) is 0 Å². The molecule has 14 heteroatoms. The number of hydrogen-bond donors (Lipinski definition) is 8. The van der Waals surface area contributed by atoms with Gasteiger partial charge in [-0.1, -0.05) is 30.3 Å². The van der Waals surface area contributed by atoms with Crippen LogP contribution in [0.5, 0.6) is 0 Å². The van der Waals surface area contributed by atoms with Gasteiger partial charge in [0.25, 0.3) is 0 Å². The number of nitrogens with two attached hydrogens (primary N) is 3. The van der Waals surface area contributed by atoms with Crippen LogP contribution in [0.4, 0.5) is 0 Å². The lowest BCUT2D eigenvalue weighted by Gasteiger charge is -2.24. The number of amides is 3. The third kappa shape index (κ3) is 11.3. The number of rotatable bonds is 15. The van der Waals surface area contributed by atoms with Crippen molar-refractivity contribution in [1.29, 1.82) is 0 Å². The Hall–Kier alpha value is -4.20. The molecule has 4 unspecified atom stereocenters. The van der Waals surface area contributed by atoms with E-state index in [1.54, 1.807) is 24.3 Å². The summed E-state index contributed by atoms with van der Waals surface area (Å²) in [6, 6.07) is 3.87. The Morgan fingerprint density at radius 1 is 0.917 bits per heavy atom. The molecule has 11 N–H and O–H groups in total. The van der Waals surface area contributed by atoms with Crippen LogP contribution in [0.25, 0.3) is 0 Å². The van der Waals surface area contributed by atoms with Gasteiger partial charge in [-0.2, -0.15) is 0 Å². The molecular formula is C22H33N7O7. The molecule has 14 nitrogen and oxygen atoms in total. The Bertz CT molecular complexity index is 951. The fourth-order valence-electron chi connectivity index (χ4n) is 3.04. The first-order chi connectivity index (χ1) is 16.9. The molecule has 0 heterocycles. The molecule has 0 bridgehead atoms. The fourth-order valence-corrected chi connectivity index (χ4v) is 3.04. The quantitative estimate of drug-likeness (QED) is 0.0712. The molecule has 0 aliphatic rings. The number of hydrogen-bond acceptors (Lipinski definition) is 7. The van der Waals surface area contributed by atoms with Crippen LogP contribution < -0.4 is 33.2 Å². The minimum atomic E-state index is -1.59. The van der Waals surface area contributed by atoms with E-state index in [2.05, 4.69) is 20.9 Å². The smallest absolute Gasteiger partial charge is 0.325 e. The van der Waals surface area contributed by atoms with Crippen molar-refractivity contribution in [1.82, 2.24) is 16.0 Å². The summed E-state index contributed by atoms with van der Waals surface area (Å²) in [7, 11) is 0. The molecule has 1 aromatic rings. The van der Waals surface area contributed by atoms with Crippen molar-refractivity contribution in [2.24, 2.45) is 22.2 Å². The van der Waals surface area contributed by atoms with Gasteiger partial charge in [0.1, 0.15) is 18.1 Å². The number of benzene rings is 1. The number of nitrogens with zero attached hydrogens (tertiary/aromatic N) is 1. The number of aliphatic carboxylic acids is 2. The van der Waals surface area contributed by atoms with Crippen LogP contribution in [-0.2, 0) is 30.4 Å². The molecule has 0 aromatic heterocycles. The maximum absolute atomic E-state index is 13.0. The molecule has 0 spiro atoms. The first-order valence-electron chi connectivity index (χ1n) is 11.1. The molecule has 0 aliphatic heterocycles. The molecule has 0 aliphatic carbocycles. The third-order valence-corrected chi connectivity index (χ3v) is 4.95. The molecule has 0 saturated carbocycles. The van der Waals surface area contributed by atoms with Crippen LogP contribution in [0, 0.1) is 0 Å². The second-order valence-corrected chi connectivity index (χ2v) is 8.03. The van der Waals surface area contributed by atoms with E-state index in [9.17, 15) is 24.0 Å². The second kappa shape index (κ2) is 14.9. The van der Waals surface area contributed by atoms with Crippen molar-refractivity contribution in [3.63, 3.8) is 0 Å². The summed E-state index contributed by atoms with van der Waals surface area (Å²) in [6.07, 6.45) is -0.312. The lowest BCUT2D eigenvalue weighted by molar-refractivity contribution is -0.143. The minimum absolute atomic E-state index is 0.0410. The number of carbonyl (C=O) groups is 5. The van der Waals surface area contributed by atoms with Crippen molar-refractivity contribution >= 4 is 35.6 Å². The number of nitrogens with one attached hydrogen (secondary N) is 3. The highest BCUT2D eigenvalue weighted by molar-refractivity contribution is 5.95. The summed E-state index contributed by atoms with van der Waals surface area (Å²) in [4.78, 5) is 64.1. The molecule has 36 heavy (non-hydrogen) atoms. The fraction of sp³-hybridized carbons (Fsp3) is 0.455. The van der Waals surface area contributed by atoms with Gasteiger partial charge in [0.05, 0.1) is 12.5 Å². The number of carboxylic acids is 2. The van der Waals surface area contributed by atoms with Gasteiger partial charge in [0.2, 0.25) is 17.7 Å². The van der Waals surface area contributed by atoms with E-state index >= 15 is 0 Å². The Morgan fingerprint density at radius 2 is 1.50 bits per heavy atom. The molecular weight excluding hydrogens is 474 g/mol. The van der Waals surface area contributed by atoms with Crippen molar-refractivity contribution in [3.8, 4) is 0 Å². The third-order valence-electron chi connectivity index (χ3n) is 4.95. The van der Waals surface area contributed by atoms with Gasteiger partial charge in [0, 0.05) is 6.54 Å². The molecule has 0 saturated heterocycles. The molecule has 1 rings (SSSR count). The zero-order chi connectivity index (χ0) is 27.3. The average Bonchev–Trinajstić information content (AvgIpc) is 2.80. The van der Waals surface area contributed by atoms with Crippen LogP contribution in [0.1, 0.15) is 31.7 Å². The highest BCUT2D eigenvalue weighted by Gasteiger charge is 2.30. The largest absolute Gasteiger partial charge is 0.481 e. The van der Waals surface area contributed by atoms with E-state index in [0.717, 1.165) is 5.56 Å². The van der Waals surface area contributed by atoms with E-state index in [1.165, 1.54) is 6.92 Å². The van der Waals surface area contributed by atoms with E-state index in [-0.39, 0.29) is 31.8 Å². The highest BCUT2D eigenvalue weighted by atomic mass is 16.4. The molecule has 198 valence electrons. The van der Waals surface area contributed by atoms with Crippen molar-refractivity contribution in [2.75, 3.05) is 6.54 Å². The summed E-state index contributed by atoms with van der Waals surface area (Å²) in [5.74, 6) is -5.41. The Morgan fingerprint density at radius 3 is 2.06 bits per heavy atom. The SMILES string of the molecule is CC(NC(=O)C(CC(=O)O)NC(=O)C(CCCN=C(N)N)NC(=O)C(N)Cc1ccccc1)C(=O)O. The van der Waals surface area contributed by atoms with E-state index in [0.29, 0.717) is 0 Å². The van der Waals surface area contributed by atoms with Crippen LogP contribution in [0.2, 0.25) is 0 Å². The topological polar surface area (TPSA) is 252 Å². The maximum atomic E-state index is 13.0. The second-order valence-electron chi connectivity index (χ2n) is 8.03. The summed E-state index contributed by atoms with van der Waals surface area (Å²) >= 11 is 0. The van der Waals surface area contributed by atoms with E-state index in [1.807, 2.05) is 6.07 Å². The van der Waals surface area contributed by atoms with Gasteiger partial charge in [-0.3, -0.25) is 29.0 Å². The van der Waals surface area contributed by atoms with Crippen LogP contribution in [-0.4, -0.2) is 76.5 Å². The number of aliphatic imine (C=N–C) groups is 1. The number of carboxylic acid groups (broad SMARTS) is 2. The number of carbonyl (C=O) groups excluding carboxylic acids is 3. The zero-order valence-corrected chi connectivity index (χ0v) is 19.8. The van der Waals surface area contributed by atoms with E-state index in [4.69, 9.17) is 27.4 Å². The Kier molecular flexibility index (Phi) is 12.4. The van der Waals surface area contributed by atoms with Gasteiger partial charge < -0.3 is 43.4 Å². The predicted octanol–water partition coefficient (Wildman–Crippen LogP) is -2.36. The Labute approximate surface area is 207 Å².